The first-order valence-electron chi connectivity index (χ1n) is 6.96. The second-order valence-electron chi connectivity index (χ2n) is 4.77. The minimum absolute atomic E-state index is 0.418. The highest BCUT2D eigenvalue weighted by Gasteiger charge is 2.12. The summed E-state index contributed by atoms with van der Waals surface area (Å²) in [5, 5.41) is 7.31. The fourth-order valence-corrected chi connectivity index (χ4v) is 1.83. The Labute approximate surface area is 124 Å². The van der Waals surface area contributed by atoms with Gasteiger partial charge >= 0.3 is 0 Å². The molecule has 2 rings (SSSR count). The summed E-state index contributed by atoms with van der Waals surface area (Å²) in [7, 11) is 3.20. The molecule has 0 saturated carbocycles. The fraction of sp³-hybridized carbons (Fsp3) is 0.467. The number of hydrogen-bond acceptors (Lipinski definition) is 6. The van der Waals surface area contributed by atoms with Gasteiger partial charge in [0, 0.05) is 11.6 Å². The molecule has 0 saturated heterocycles. The van der Waals surface area contributed by atoms with E-state index in [1.54, 1.807) is 14.2 Å². The monoisotopic (exact) mass is 291 g/mol. The smallest absolute Gasteiger partial charge is 0.240 e. The van der Waals surface area contributed by atoms with Crippen molar-refractivity contribution in [2.45, 2.75) is 32.9 Å². The number of hydrogen-bond donors (Lipinski definition) is 1. The molecule has 6 nitrogen and oxygen atoms in total. The van der Waals surface area contributed by atoms with Crippen LogP contribution in [0.2, 0.25) is 0 Å². The van der Waals surface area contributed by atoms with E-state index in [0.717, 1.165) is 12.0 Å². The van der Waals surface area contributed by atoms with Crippen LogP contribution >= 0.6 is 0 Å². The average molecular weight is 291 g/mol. The zero-order valence-corrected chi connectivity index (χ0v) is 12.8. The highest BCUT2D eigenvalue weighted by Crippen LogP contribution is 2.31. The van der Waals surface area contributed by atoms with E-state index in [-0.39, 0.29) is 0 Å². The predicted molar refractivity (Wildman–Crippen MR) is 79.4 cm³/mol. The normalized spacial score (nSPS) is 12.2. The molecule has 0 spiro atoms. The van der Waals surface area contributed by atoms with E-state index in [1.807, 2.05) is 18.2 Å². The van der Waals surface area contributed by atoms with Gasteiger partial charge in [0.1, 0.15) is 0 Å². The minimum atomic E-state index is 0.418. The zero-order valence-electron chi connectivity index (χ0n) is 12.8. The van der Waals surface area contributed by atoms with Crippen LogP contribution in [0, 0.1) is 0 Å². The van der Waals surface area contributed by atoms with Gasteiger partial charge in [-0.2, -0.15) is 4.98 Å². The van der Waals surface area contributed by atoms with Gasteiger partial charge < -0.3 is 19.3 Å². The van der Waals surface area contributed by atoms with E-state index in [1.165, 1.54) is 0 Å². The molecule has 0 amide bonds. The molecule has 6 heteroatoms. The second-order valence-corrected chi connectivity index (χ2v) is 4.77. The Kier molecular flexibility index (Phi) is 5.16. The van der Waals surface area contributed by atoms with Crippen LogP contribution in [0.25, 0.3) is 11.4 Å². The van der Waals surface area contributed by atoms with Gasteiger partial charge in [0.15, 0.2) is 11.5 Å². The summed E-state index contributed by atoms with van der Waals surface area (Å²) in [6, 6.07) is 5.94. The van der Waals surface area contributed by atoms with Gasteiger partial charge in [-0.25, -0.2) is 0 Å². The molecule has 0 aliphatic carbocycles. The third-order valence-electron chi connectivity index (χ3n) is 3.32. The van der Waals surface area contributed by atoms with Crippen LogP contribution in [-0.4, -0.2) is 30.4 Å². The number of ether oxygens (including phenoxy) is 2. The van der Waals surface area contributed by atoms with Crippen LogP contribution in [0.5, 0.6) is 11.5 Å². The molecule has 1 N–H and O–H groups in total. The molecule has 0 bridgehead atoms. The van der Waals surface area contributed by atoms with Crippen molar-refractivity contribution in [1.29, 1.82) is 0 Å². The molecule has 1 heterocycles. The van der Waals surface area contributed by atoms with Crippen molar-refractivity contribution < 1.29 is 14.0 Å². The molecule has 2 aromatic rings. The first-order chi connectivity index (χ1) is 10.2. The number of nitrogens with zero attached hydrogens (tertiary/aromatic N) is 2. The van der Waals surface area contributed by atoms with Crippen molar-refractivity contribution in [2.75, 3.05) is 14.2 Å². The van der Waals surface area contributed by atoms with E-state index in [0.29, 0.717) is 35.8 Å². The maximum atomic E-state index is 5.28. The van der Waals surface area contributed by atoms with Crippen molar-refractivity contribution in [3.05, 3.63) is 24.1 Å². The molecular weight excluding hydrogens is 270 g/mol. The lowest BCUT2D eigenvalue weighted by Crippen LogP contribution is -2.24. The van der Waals surface area contributed by atoms with Crippen molar-refractivity contribution >= 4 is 0 Å². The number of rotatable bonds is 7. The Morgan fingerprint density at radius 2 is 2.00 bits per heavy atom. The highest BCUT2D eigenvalue weighted by atomic mass is 16.5. The number of nitrogens with one attached hydrogen (secondary N) is 1. The minimum Gasteiger partial charge on any atom is -0.493 e. The van der Waals surface area contributed by atoms with Crippen molar-refractivity contribution in [1.82, 2.24) is 15.5 Å². The van der Waals surface area contributed by atoms with E-state index in [4.69, 9.17) is 14.0 Å². The lowest BCUT2D eigenvalue weighted by atomic mass is 10.2. The molecule has 0 radical (unpaired) electrons. The number of benzene rings is 1. The molecule has 0 unspecified atom stereocenters. The summed E-state index contributed by atoms with van der Waals surface area (Å²) in [6.45, 7) is 4.81. The largest absolute Gasteiger partial charge is 0.493 e. The van der Waals surface area contributed by atoms with E-state index >= 15 is 0 Å². The summed E-state index contributed by atoms with van der Waals surface area (Å²) in [6.07, 6.45) is 1.05. The fourth-order valence-electron chi connectivity index (χ4n) is 1.83. The standard InChI is InChI=1S/C15H21N3O3/c1-5-10(2)16-9-14-17-15(18-21-14)11-6-7-12(19-3)13(8-11)20-4/h6-8,10,16H,5,9H2,1-4H3/t10-/m0/s1. The quantitative estimate of drug-likeness (QED) is 0.845. The molecule has 0 aliphatic heterocycles. The third-order valence-corrected chi connectivity index (χ3v) is 3.32. The van der Waals surface area contributed by atoms with Crippen molar-refractivity contribution in [3.8, 4) is 22.9 Å². The Balaban J connectivity index is 2.14. The summed E-state index contributed by atoms with van der Waals surface area (Å²) >= 11 is 0. The lowest BCUT2D eigenvalue weighted by molar-refractivity contribution is 0.354. The van der Waals surface area contributed by atoms with E-state index in [2.05, 4.69) is 29.3 Å². The van der Waals surface area contributed by atoms with Crippen LogP contribution in [0.15, 0.2) is 22.7 Å². The molecule has 1 atom stereocenters. The molecule has 0 aliphatic rings. The topological polar surface area (TPSA) is 69.4 Å². The second kappa shape index (κ2) is 7.08. The number of methoxy groups -OCH3 is 2. The zero-order chi connectivity index (χ0) is 15.2. The third kappa shape index (κ3) is 3.72. The summed E-state index contributed by atoms with van der Waals surface area (Å²) in [5.41, 5.74) is 0.825. The van der Waals surface area contributed by atoms with Crippen LogP contribution in [0.4, 0.5) is 0 Å². The molecule has 114 valence electrons. The molecule has 0 fully saturated rings. The van der Waals surface area contributed by atoms with Gasteiger partial charge in [0.05, 0.1) is 20.8 Å². The number of aromatic nitrogens is 2. The highest BCUT2D eigenvalue weighted by molar-refractivity contribution is 5.60. The Bertz CT molecular complexity index is 583. The van der Waals surface area contributed by atoms with Gasteiger partial charge in [-0.05, 0) is 31.5 Å². The van der Waals surface area contributed by atoms with Crippen molar-refractivity contribution in [3.63, 3.8) is 0 Å². The maximum Gasteiger partial charge on any atom is 0.240 e. The van der Waals surface area contributed by atoms with Crippen molar-refractivity contribution in [2.24, 2.45) is 0 Å². The predicted octanol–water partition coefficient (Wildman–Crippen LogP) is 2.64. The van der Waals surface area contributed by atoms with Crippen LogP contribution < -0.4 is 14.8 Å². The van der Waals surface area contributed by atoms with Gasteiger partial charge in [0.25, 0.3) is 0 Å². The summed E-state index contributed by atoms with van der Waals surface area (Å²) in [4.78, 5) is 4.38. The maximum absolute atomic E-state index is 5.28. The van der Waals surface area contributed by atoms with Gasteiger partial charge in [-0.1, -0.05) is 12.1 Å². The molecule has 1 aromatic heterocycles. The first kappa shape index (κ1) is 15.3. The van der Waals surface area contributed by atoms with Gasteiger partial charge in [-0.3, -0.25) is 0 Å². The average Bonchev–Trinajstić information content (AvgIpc) is 3.00. The Hall–Kier alpha value is -2.08. The van der Waals surface area contributed by atoms with Crippen LogP contribution in [0.1, 0.15) is 26.2 Å². The molecular formula is C15H21N3O3. The lowest BCUT2D eigenvalue weighted by Gasteiger charge is -2.08. The SMILES string of the molecule is CC[C@H](C)NCc1nc(-c2ccc(OC)c(OC)c2)no1. The first-order valence-corrected chi connectivity index (χ1v) is 6.96. The van der Waals surface area contributed by atoms with E-state index in [9.17, 15) is 0 Å². The summed E-state index contributed by atoms with van der Waals surface area (Å²) in [5.74, 6) is 2.42. The van der Waals surface area contributed by atoms with Gasteiger partial charge in [-0.15, -0.1) is 0 Å². The molecule has 1 aromatic carbocycles. The van der Waals surface area contributed by atoms with Crippen LogP contribution in [-0.2, 0) is 6.54 Å². The summed E-state index contributed by atoms with van der Waals surface area (Å²) < 4.78 is 15.7. The Morgan fingerprint density at radius 1 is 1.24 bits per heavy atom. The van der Waals surface area contributed by atoms with Gasteiger partial charge in [0.2, 0.25) is 11.7 Å². The molecule has 21 heavy (non-hydrogen) atoms. The Morgan fingerprint density at radius 3 is 2.67 bits per heavy atom. The van der Waals surface area contributed by atoms with Crippen LogP contribution in [0.3, 0.4) is 0 Å². The van der Waals surface area contributed by atoms with E-state index < -0.39 is 0 Å².